The average molecular weight is 205 g/mol. The summed E-state index contributed by atoms with van der Waals surface area (Å²) in [6.45, 7) is 0. The molecule has 0 saturated heterocycles. The number of aromatic amines is 1. The van der Waals surface area contributed by atoms with Gasteiger partial charge in [0.15, 0.2) is 6.20 Å². The van der Waals surface area contributed by atoms with Gasteiger partial charge in [0, 0.05) is 6.07 Å². The van der Waals surface area contributed by atoms with E-state index in [0.717, 1.165) is 11.1 Å². The van der Waals surface area contributed by atoms with Crippen LogP contribution in [-0.4, -0.2) is 0 Å². The van der Waals surface area contributed by atoms with Gasteiger partial charge < -0.3 is 12.4 Å². The lowest BCUT2D eigenvalue weighted by molar-refractivity contribution is -0.386. The molecule has 1 heterocycles. The standard InChI is InChI=1S/C11H8N2.ClH/c12-7-5-11-10-4-2-1-3-9(10)6-8-13-11;/h1-4,6,8H,5H2;1H. The zero-order valence-electron chi connectivity index (χ0n) is 7.50. The van der Waals surface area contributed by atoms with E-state index in [1.165, 1.54) is 5.39 Å². The summed E-state index contributed by atoms with van der Waals surface area (Å²) in [5.41, 5.74) is 0.987. The minimum atomic E-state index is 0. The van der Waals surface area contributed by atoms with E-state index in [-0.39, 0.29) is 12.4 Å². The molecule has 0 aliphatic carbocycles. The summed E-state index contributed by atoms with van der Waals surface area (Å²) in [4.78, 5) is 3.09. The molecule has 1 N–H and O–H groups in total. The van der Waals surface area contributed by atoms with Gasteiger partial charge in [-0.25, -0.2) is 4.98 Å². The maximum absolute atomic E-state index is 8.61. The average Bonchev–Trinajstić information content (AvgIpc) is 2.19. The number of benzene rings is 1. The van der Waals surface area contributed by atoms with Crippen molar-refractivity contribution in [3.05, 3.63) is 42.2 Å². The SMILES string of the molecule is N#CCc1[nH+]ccc2ccccc12.[Cl-]. The number of hydrogen-bond acceptors (Lipinski definition) is 1. The lowest BCUT2D eigenvalue weighted by Crippen LogP contribution is -3.00. The molecule has 2 aromatic rings. The van der Waals surface area contributed by atoms with E-state index in [9.17, 15) is 0 Å². The first kappa shape index (κ1) is 10.5. The van der Waals surface area contributed by atoms with Gasteiger partial charge in [-0.05, 0) is 11.5 Å². The Balaban J connectivity index is 0.000000980. The fourth-order valence-electron chi connectivity index (χ4n) is 1.45. The van der Waals surface area contributed by atoms with E-state index < -0.39 is 0 Å². The number of halogens is 1. The molecular weight excluding hydrogens is 196 g/mol. The summed E-state index contributed by atoms with van der Waals surface area (Å²) in [6.07, 6.45) is 2.30. The van der Waals surface area contributed by atoms with Crippen molar-refractivity contribution in [2.75, 3.05) is 0 Å². The maximum Gasteiger partial charge on any atom is 0.201 e. The van der Waals surface area contributed by atoms with Crippen LogP contribution in [0.15, 0.2) is 36.5 Å². The molecule has 0 amide bonds. The van der Waals surface area contributed by atoms with Gasteiger partial charge in [-0.3, -0.25) is 0 Å². The van der Waals surface area contributed by atoms with Crippen molar-refractivity contribution in [3.8, 4) is 6.07 Å². The van der Waals surface area contributed by atoms with E-state index in [1.54, 1.807) is 0 Å². The summed E-state index contributed by atoms with van der Waals surface area (Å²) in [7, 11) is 0. The maximum atomic E-state index is 8.61. The molecule has 14 heavy (non-hydrogen) atoms. The second-order valence-electron chi connectivity index (χ2n) is 2.88. The second kappa shape index (κ2) is 4.59. The third kappa shape index (κ3) is 1.84. The Hall–Kier alpha value is -1.59. The molecule has 70 valence electrons. The first-order valence-electron chi connectivity index (χ1n) is 4.17. The van der Waals surface area contributed by atoms with E-state index in [0.29, 0.717) is 6.42 Å². The van der Waals surface area contributed by atoms with Gasteiger partial charge in [-0.15, -0.1) is 0 Å². The number of pyridine rings is 1. The van der Waals surface area contributed by atoms with Crippen molar-refractivity contribution in [2.24, 2.45) is 0 Å². The molecule has 0 spiro atoms. The van der Waals surface area contributed by atoms with Crippen molar-refractivity contribution < 1.29 is 17.4 Å². The Morgan fingerprint density at radius 2 is 2.00 bits per heavy atom. The van der Waals surface area contributed by atoms with Gasteiger partial charge in [0.05, 0.1) is 11.5 Å². The highest BCUT2D eigenvalue weighted by Gasteiger charge is 2.05. The van der Waals surface area contributed by atoms with Crippen molar-refractivity contribution in [3.63, 3.8) is 0 Å². The van der Waals surface area contributed by atoms with Crippen molar-refractivity contribution in [1.82, 2.24) is 0 Å². The van der Waals surface area contributed by atoms with Gasteiger partial charge in [0.2, 0.25) is 5.69 Å². The number of rotatable bonds is 1. The Morgan fingerprint density at radius 1 is 1.21 bits per heavy atom. The number of nitrogens with zero attached hydrogens (tertiary/aromatic N) is 1. The first-order chi connectivity index (χ1) is 6.42. The molecule has 0 aliphatic heterocycles. The number of fused-ring (bicyclic) bond motifs is 1. The van der Waals surface area contributed by atoms with Crippen LogP contribution < -0.4 is 17.4 Å². The van der Waals surface area contributed by atoms with Crippen LogP contribution in [0.2, 0.25) is 0 Å². The Kier molecular flexibility index (Phi) is 3.44. The molecule has 0 saturated carbocycles. The van der Waals surface area contributed by atoms with Crippen LogP contribution in [0.5, 0.6) is 0 Å². The fraction of sp³-hybridized carbons (Fsp3) is 0.0909. The van der Waals surface area contributed by atoms with Crippen molar-refractivity contribution in [2.45, 2.75) is 6.42 Å². The lowest BCUT2D eigenvalue weighted by Gasteiger charge is -1.95. The highest BCUT2D eigenvalue weighted by atomic mass is 35.5. The van der Waals surface area contributed by atoms with Gasteiger partial charge >= 0.3 is 0 Å². The Labute approximate surface area is 88.6 Å². The van der Waals surface area contributed by atoms with Crippen molar-refractivity contribution in [1.29, 1.82) is 5.26 Å². The number of aromatic nitrogens is 1. The topological polar surface area (TPSA) is 37.9 Å². The van der Waals surface area contributed by atoms with Crippen LogP contribution in [0, 0.1) is 11.3 Å². The zero-order valence-corrected chi connectivity index (χ0v) is 8.25. The van der Waals surface area contributed by atoms with Crippen LogP contribution in [-0.2, 0) is 6.42 Å². The molecule has 0 fully saturated rings. The molecular formula is C11H9ClN2. The van der Waals surface area contributed by atoms with Gasteiger partial charge in [-0.2, -0.15) is 5.26 Å². The number of H-pyrrole nitrogens is 1. The summed E-state index contributed by atoms with van der Waals surface area (Å²) in [6, 6.07) is 12.2. The summed E-state index contributed by atoms with van der Waals surface area (Å²) >= 11 is 0. The molecule has 2 nitrogen and oxygen atoms in total. The molecule has 2 rings (SSSR count). The number of hydrogen-bond donors (Lipinski definition) is 0. The summed E-state index contributed by atoms with van der Waals surface area (Å²) in [5, 5.41) is 10.9. The smallest absolute Gasteiger partial charge is 0.201 e. The van der Waals surface area contributed by atoms with Crippen molar-refractivity contribution >= 4 is 10.8 Å². The predicted molar refractivity (Wildman–Crippen MR) is 49.8 cm³/mol. The minimum absolute atomic E-state index is 0. The fourth-order valence-corrected chi connectivity index (χ4v) is 1.45. The Morgan fingerprint density at radius 3 is 2.79 bits per heavy atom. The van der Waals surface area contributed by atoms with Gasteiger partial charge in [0.1, 0.15) is 6.42 Å². The lowest BCUT2D eigenvalue weighted by atomic mass is 10.1. The second-order valence-corrected chi connectivity index (χ2v) is 2.88. The van der Waals surface area contributed by atoms with Gasteiger partial charge in [0.25, 0.3) is 0 Å². The van der Waals surface area contributed by atoms with Gasteiger partial charge in [-0.1, -0.05) is 18.2 Å². The van der Waals surface area contributed by atoms with Crippen LogP contribution in [0.1, 0.15) is 5.69 Å². The number of nitriles is 1. The third-order valence-electron chi connectivity index (χ3n) is 2.06. The summed E-state index contributed by atoms with van der Waals surface area (Å²) < 4.78 is 0. The monoisotopic (exact) mass is 204 g/mol. The molecule has 1 aromatic carbocycles. The molecule has 3 heteroatoms. The number of nitrogens with one attached hydrogen (secondary N) is 1. The molecule has 0 bridgehead atoms. The normalized spacial score (nSPS) is 9.07. The summed E-state index contributed by atoms with van der Waals surface area (Å²) in [5.74, 6) is 0. The molecule has 0 aliphatic rings. The highest BCUT2D eigenvalue weighted by Crippen LogP contribution is 2.13. The quantitative estimate of drug-likeness (QED) is 0.571. The molecule has 0 radical (unpaired) electrons. The molecule has 0 atom stereocenters. The highest BCUT2D eigenvalue weighted by molar-refractivity contribution is 5.83. The minimum Gasteiger partial charge on any atom is -1.00 e. The van der Waals surface area contributed by atoms with Crippen LogP contribution in [0.25, 0.3) is 10.8 Å². The van der Waals surface area contributed by atoms with E-state index in [1.807, 2.05) is 36.5 Å². The Bertz CT molecular complexity index is 469. The van der Waals surface area contributed by atoms with E-state index >= 15 is 0 Å². The molecule has 1 aromatic heterocycles. The van der Waals surface area contributed by atoms with Crippen LogP contribution >= 0.6 is 0 Å². The van der Waals surface area contributed by atoms with E-state index in [2.05, 4.69) is 11.1 Å². The van der Waals surface area contributed by atoms with Crippen LogP contribution in [0.4, 0.5) is 0 Å². The predicted octanol–water partition coefficient (Wildman–Crippen LogP) is -1.28. The van der Waals surface area contributed by atoms with E-state index in [4.69, 9.17) is 5.26 Å². The van der Waals surface area contributed by atoms with Crippen LogP contribution in [0.3, 0.4) is 0 Å². The zero-order chi connectivity index (χ0) is 9.10. The first-order valence-corrected chi connectivity index (χ1v) is 4.17. The largest absolute Gasteiger partial charge is 1.00 e. The third-order valence-corrected chi connectivity index (χ3v) is 2.06. The molecule has 0 unspecified atom stereocenters.